The van der Waals surface area contributed by atoms with E-state index in [1.165, 1.54) is 19.4 Å². The predicted octanol–water partition coefficient (Wildman–Crippen LogP) is 0.322. The Kier molecular flexibility index (Phi) is 2.35. The Morgan fingerprint density at radius 3 is 2.92 bits per heavy atom. The molecule has 12 heavy (non-hydrogen) atoms. The van der Waals surface area contributed by atoms with E-state index in [4.69, 9.17) is 4.74 Å². The molecule has 2 fully saturated rings. The van der Waals surface area contributed by atoms with Crippen LogP contribution in [-0.4, -0.2) is 32.0 Å². The van der Waals surface area contributed by atoms with Crippen LogP contribution >= 0.6 is 0 Å². The minimum atomic E-state index is -0.0482. The van der Waals surface area contributed by atoms with Crippen molar-refractivity contribution in [2.24, 2.45) is 5.92 Å². The summed E-state index contributed by atoms with van der Waals surface area (Å²) in [5.74, 6) is 0.647. The highest BCUT2D eigenvalue weighted by Crippen LogP contribution is 2.27. The van der Waals surface area contributed by atoms with Crippen molar-refractivity contribution in [3.63, 3.8) is 0 Å². The number of rotatable bonds is 1. The highest BCUT2D eigenvalue weighted by atomic mass is 16.5. The van der Waals surface area contributed by atoms with Crippen molar-refractivity contribution in [2.75, 3.05) is 26.2 Å². The summed E-state index contributed by atoms with van der Waals surface area (Å²) in [7, 11) is 0. The number of hydrogen-bond donors (Lipinski definition) is 2. The zero-order valence-corrected chi connectivity index (χ0v) is 7.73. The molecule has 0 spiro atoms. The average molecular weight is 170 g/mol. The smallest absolute Gasteiger partial charge is 0.120 e. The quantitative estimate of drug-likeness (QED) is 0.594. The van der Waals surface area contributed by atoms with Crippen LogP contribution in [0.5, 0.6) is 0 Å². The minimum absolute atomic E-state index is 0.0482. The number of nitrogens with one attached hydrogen (secondary N) is 2. The molecular weight excluding hydrogens is 152 g/mol. The molecule has 2 rings (SSSR count). The van der Waals surface area contributed by atoms with Crippen molar-refractivity contribution in [1.29, 1.82) is 0 Å². The van der Waals surface area contributed by atoms with Gasteiger partial charge in [-0.05, 0) is 26.3 Å². The minimum Gasteiger partial charge on any atom is -0.359 e. The summed E-state index contributed by atoms with van der Waals surface area (Å²) >= 11 is 0. The molecule has 0 saturated carbocycles. The maximum Gasteiger partial charge on any atom is 0.120 e. The van der Waals surface area contributed by atoms with Crippen molar-refractivity contribution in [3.8, 4) is 0 Å². The van der Waals surface area contributed by atoms with Gasteiger partial charge in [-0.3, -0.25) is 5.32 Å². The van der Waals surface area contributed by atoms with Crippen LogP contribution in [0.2, 0.25) is 0 Å². The van der Waals surface area contributed by atoms with Gasteiger partial charge in [-0.1, -0.05) is 0 Å². The Bertz CT molecular complexity index is 149. The zero-order valence-electron chi connectivity index (χ0n) is 7.73. The lowest BCUT2D eigenvalue weighted by Gasteiger charge is -2.36. The van der Waals surface area contributed by atoms with E-state index >= 15 is 0 Å². The molecule has 0 aromatic carbocycles. The van der Waals surface area contributed by atoms with E-state index in [9.17, 15) is 0 Å². The fraction of sp³-hybridized carbons (Fsp3) is 1.00. The molecule has 0 aliphatic carbocycles. The van der Waals surface area contributed by atoms with Crippen molar-refractivity contribution in [1.82, 2.24) is 10.6 Å². The van der Waals surface area contributed by atoms with Crippen LogP contribution < -0.4 is 10.6 Å². The molecule has 3 nitrogen and oxygen atoms in total. The third kappa shape index (κ3) is 1.49. The van der Waals surface area contributed by atoms with Crippen molar-refractivity contribution in [2.45, 2.75) is 25.5 Å². The molecule has 0 aromatic rings. The first-order valence-electron chi connectivity index (χ1n) is 4.91. The van der Waals surface area contributed by atoms with Gasteiger partial charge in [-0.2, -0.15) is 0 Å². The number of piperidine rings is 1. The zero-order chi connectivity index (χ0) is 8.44. The van der Waals surface area contributed by atoms with Crippen LogP contribution in [-0.2, 0) is 4.74 Å². The maximum atomic E-state index is 5.73. The van der Waals surface area contributed by atoms with Crippen LogP contribution in [0, 0.1) is 5.92 Å². The average Bonchev–Trinajstić information content (AvgIpc) is 2.55. The first-order valence-corrected chi connectivity index (χ1v) is 4.91. The number of hydrogen-bond acceptors (Lipinski definition) is 3. The van der Waals surface area contributed by atoms with Gasteiger partial charge >= 0.3 is 0 Å². The normalized spacial score (nSPS) is 43.2. The first-order chi connectivity index (χ1) is 5.81. The Balaban J connectivity index is 1.96. The van der Waals surface area contributed by atoms with Gasteiger partial charge in [0.2, 0.25) is 0 Å². The van der Waals surface area contributed by atoms with E-state index < -0.39 is 0 Å². The summed E-state index contributed by atoms with van der Waals surface area (Å²) in [5.41, 5.74) is -0.0482. The van der Waals surface area contributed by atoms with E-state index in [-0.39, 0.29) is 5.72 Å². The molecule has 2 unspecified atom stereocenters. The third-order valence-electron chi connectivity index (χ3n) is 3.06. The Hall–Kier alpha value is -0.120. The molecule has 2 heterocycles. The molecule has 0 aromatic heterocycles. The van der Waals surface area contributed by atoms with E-state index in [1.807, 2.05) is 0 Å². The topological polar surface area (TPSA) is 33.3 Å². The largest absolute Gasteiger partial charge is 0.359 e. The third-order valence-corrected chi connectivity index (χ3v) is 3.06. The highest BCUT2D eigenvalue weighted by molar-refractivity contribution is 4.88. The second-order valence-electron chi connectivity index (χ2n) is 3.93. The standard InChI is InChI=1S/C9H18N2O/c1-9(11-5-6-12-9)8-3-2-4-10-7-8/h8,10-11H,2-7H2,1H3. The predicted molar refractivity (Wildman–Crippen MR) is 48.0 cm³/mol. The van der Waals surface area contributed by atoms with Crippen molar-refractivity contribution >= 4 is 0 Å². The fourth-order valence-electron chi connectivity index (χ4n) is 2.20. The number of ether oxygens (including phenoxy) is 1. The summed E-state index contributed by atoms with van der Waals surface area (Å²) in [6.07, 6.45) is 2.57. The molecule has 2 atom stereocenters. The van der Waals surface area contributed by atoms with E-state index in [2.05, 4.69) is 17.6 Å². The van der Waals surface area contributed by atoms with Gasteiger partial charge in [0, 0.05) is 19.0 Å². The molecule has 3 heteroatoms. The van der Waals surface area contributed by atoms with Crippen molar-refractivity contribution in [3.05, 3.63) is 0 Å². The lowest BCUT2D eigenvalue weighted by molar-refractivity contribution is -0.0498. The van der Waals surface area contributed by atoms with Gasteiger partial charge < -0.3 is 10.1 Å². The SMILES string of the molecule is CC1(C2CCCNC2)NCCO1. The van der Waals surface area contributed by atoms with Crippen LogP contribution in [0.1, 0.15) is 19.8 Å². The van der Waals surface area contributed by atoms with Gasteiger partial charge in [-0.25, -0.2) is 0 Å². The molecule has 0 bridgehead atoms. The Morgan fingerprint density at radius 1 is 1.42 bits per heavy atom. The Morgan fingerprint density at radius 2 is 2.33 bits per heavy atom. The van der Waals surface area contributed by atoms with Gasteiger partial charge in [0.15, 0.2) is 0 Å². The van der Waals surface area contributed by atoms with E-state index in [0.29, 0.717) is 5.92 Å². The molecule has 2 aliphatic rings. The summed E-state index contributed by atoms with van der Waals surface area (Å²) in [6.45, 7) is 6.33. The van der Waals surface area contributed by atoms with E-state index in [1.54, 1.807) is 0 Å². The lowest BCUT2D eigenvalue weighted by Crippen LogP contribution is -2.51. The molecule has 0 amide bonds. The summed E-state index contributed by atoms with van der Waals surface area (Å²) in [6, 6.07) is 0. The molecular formula is C9H18N2O. The molecule has 2 N–H and O–H groups in total. The fourth-order valence-corrected chi connectivity index (χ4v) is 2.20. The molecule has 70 valence electrons. The summed E-state index contributed by atoms with van der Waals surface area (Å²) in [4.78, 5) is 0. The van der Waals surface area contributed by atoms with Crippen LogP contribution in [0.25, 0.3) is 0 Å². The second kappa shape index (κ2) is 3.32. The van der Waals surface area contributed by atoms with Gasteiger partial charge in [-0.15, -0.1) is 0 Å². The molecule has 0 radical (unpaired) electrons. The molecule has 2 saturated heterocycles. The second-order valence-corrected chi connectivity index (χ2v) is 3.93. The first kappa shape index (κ1) is 8.48. The lowest BCUT2D eigenvalue weighted by atomic mass is 9.90. The highest BCUT2D eigenvalue weighted by Gasteiger charge is 2.38. The Labute approximate surface area is 73.9 Å². The monoisotopic (exact) mass is 170 g/mol. The van der Waals surface area contributed by atoms with Crippen LogP contribution in [0.4, 0.5) is 0 Å². The van der Waals surface area contributed by atoms with Gasteiger partial charge in [0.05, 0.1) is 6.61 Å². The summed E-state index contributed by atoms with van der Waals surface area (Å²) < 4.78 is 5.73. The van der Waals surface area contributed by atoms with Crippen LogP contribution in [0.3, 0.4) is 0 Å². The van der Waals surface area contributed by atoms with E-state index in [0.717, 1.165) is 19.7 Å². The van der Waals surface area contributed by atoms with Gasteiger partial charge in [0.1, 0.15) is 5.72 Å². The summed E-state index contributed by atoms with van der Waals surface area (Å²) in [5, 5.41) is 6.86. The van der Waals surface area contributed by atoms with Crippen LogP contribution in [0.15, 0.2) is 0 Å². The maximum absolute atomic E-state index is 5.73. The van der Waals surface area contributed by atoms with Gasteiger partial charge in [0.25, 0.3) is 0 Å². The molecule has 2 aliphatic heterocycles. The van der Waals surface area contributed by atoms with Crippen molar-refractivity contribution < 1.29 is 4.74 Å².